The lowest BCUT2D eigenvalue weighted by atomic mass is 10.0. The van der Waals surface area contributed by atoms with Crippen molar-refractivity contribution < 1.29 is 29.2 Å². The number of hydrogen-bond donors (Lipinski definition) is 2. The highest BCUT2D eigenvalue weighted by Gasteiger charge is 2.25. The van der Waals surface area contributed by atoms with Gasteiger partial charge in [-0.1, -0.05) is 36.4 Å². The van der Waals surface area contributed by atoms with E-state index in [-0.39, 0.29) is 29.0 Å². The fraction of sp³-hybridized carbons (Fsp3) is 0.0526. The molecule has 2 N–H and O–H groups in total. The van der Waals surface area contributed by atoms with Crippen LogP contribution in [0.1, 0.15) is 31.2 Å². The molecule has 6 nitrogen and oxygen atoms in total. The zero-order chi connectivity index (χ0) is 18.0. The maximum Gasteiger partial charge on any atom is 0.401 e. The van der Waals surface area contributed by atoms with Crippen molar-refractivity contribution in [2.75, 3.05) is 0 Å². The van der Waals surface area contributed by atoms with Crippen LogP contribution in [0.5, 0.6) is 0 Å². The predicted molar refractivity (Wildman–Crippen MR) is 88.8 cm³/mol. The Balaban J connectivity index is 2.11. The molecule has 0 amide bonds. The largest absolute Gasteiger partial charge is 0.478 e. The Morgan fingerprint density at radius 2 is 1.56 bits per heavy atom. The number of pyridine rings is 1. The van der Waals surface area contributed by atoms with E-state index in [2.05, 4.69) is 0 Å². The molecule has 0 aliphatic carbocycles. The molecule has 0 aliphatic rings. The molecular formula is C19H14NO5+. The van der Waals surface area contributed by atoms with Gasteiger partial charge in [-0.2, -0.15) is 4.57 Å². The molecule has 0 fully saturated rings. The number of Topliss-reactive ketones (excluding diaryl/α,β-unsaturated/α-hetero) is 1. The number of fused-ring (bicyclic) bond motifs is 1. The summed E-state index contributed by atoms with van der Waals surface area (Å²) in [5.41, 5.74) is 0.345. The third-order valence-corrected chi connectivity index (χ3v) is 3.89. The molecule has 2 aromatic carbocycles. The number of carboxylic acid groups (broad SMARTS) is 2. The van der Waals surface area contributed by atoms with Gasteiger partial charge in [-0.05, 0) is 17.5 Å². The van der Waals surface area contributed by atoms with Crippen LogP contribution in [0.15, 0.2) is 60.8 Å². The second kappa shape index (κ2) is 6.52. The van der Waals surface area contributed by atoms with Crippen molar-refractivity contribution in [1.29, 1.82) is 0 Å². The minimum Gasteiger partial charge on any atom is -0.478 e. The predicted octanol–water partition coefficient (Wildman–Crippen LogP) is 2.41. The molecule has 6 heteroatoms. The van der Waals surface area contributed by atoms with Gasteiger partial charge in [0.15, 0.2) is 6.20 Å². The maximum absolute atomic E-state index is 12.4. The highest BCUT2D eigenvalue weighted by Crippen LogP contribution is 2.18. The van der Waals surface area contributed by atoms with E-state index in [1.807, 2.05) is 0 Å². The Hall–Kier alpha value is -3.54. The first-order chi connectivity index (χ1) is 12.0. The normalized spacial score (nSPS) is 10.6. The summed E-state index contributed by atoms with van der Waals surface area (Å²) < 4.78 is 1.33. The molecule has 0 atom stereocenters. The maximum atomic E-state index is 12.4. The van der Waals surface area contributed by atoms with E-state index in [4.69, 9.17) is 5.11 Å². The number of nitrogens with zero attached hydrogens (tertiary/aromatic N) is 1. The minimum absolute atomic E-state index is 0.0119. The number of benzene rings is 2. The average Bonchev–Trinajstić information content (AvgIpc) is 2.61. The number of ketones is 1. The van der Waals surface area contributed by atoms with E-state index < -0.39 is 11.9 Å². The Morgan fingerprint density at radius 3 is 2.20 bits per heavy atom. The van der Waals surface area contributed by atoms with Gasteiger partial charge in [-0.3, -0.25) is 4.79 Å². The van der Waals surface area contributed by atoms with Gasteiger partial charge in [0.2, 0.25) is 12.3 Å². The van der Waals surface area contributed by atoms with Crippen molar-refractivity contribution >= 4 is 28.5 Å². The lowest BCUT2D eigenvalue weighted by Gasteiger charge is -2.05. The number of aromatic nitrogens is 1. The van der Waals surface area contributed by atoms with Gasteiger partial charge in [0.25, 0.3) is 5.69 Å². The van der Waals surface area contributed by atoms with Crippen molar-refractivity contribution in [3.05, 3.63) is 77.6 Å². The number of carbonyl (C=O) groups excluding carboxylic acids is 1. The van der Waals surface area contributed by atoms with Crippen molar-refractivity contribution in [2.24, 2.45) is 0 Å². The summed E-state index contributed by atoms with van der Waals surface area (Å²) in [7, 11) is 0. The average molecular weight is 336 g/mol. The molecule has 124 valence electrons. The van der Waals surface area contributed by atoms with Crippen LogP contribution in [0, 0.1) is 0 Å². The van der Waals surface area contributed by atoms with Gasteiger partial charge in [0.1, 0.15) is 0 Å². The molecule has 0 saturated heterocycles. The number of carboxylic acids is 2. The third kappa shape index (κ3) is 3.23. The Kier molecular flexibility index (Phi) is 4.26. The zero-order valence-electron chi connectivity index (χ0n) is 13.0. The molecule has 0 radical (unpaired) electrons. The molecular weight excluding hydrogens is 322 g/mol. The van der Waals surface area contributed by atoms with Crippen LogP contribution in [0.2, 0.25) is 0 Å². The van der Waals surface area contributed by atoms with Gasteiger partial charge in [-0.25, -0.2) is 9.59 Å². The van der Waals surface area contributed by atoms with Crippen LogP contribution in [-0.4, -0.2) is 27.9 Å². The molecule has 25 heavy (non-hydrogen) atoms. The summed E-state index contributed by atoms with van der Waals surface area (Å²) in [5.74, 6) is -2.61. The topological polar surface area (TPSA) is 95.5 Å². The highest BCUT2D eigenvalue weighted by atomic mass is 16.4. The summed E-state index contributed by atoms with van der Waals surface area (Å²) in [4.78, 5) is 35.3. The number of carbonyl (C=O) groups is 3. The van der Waals surface area contributed by atoms with E-state index in [1.54, 1.807) is 42.5 Å². The Bertz CT molecular complexity index is 995. The molecule has 0 unspecified atom stereocenters. The van der Waals surface area contributed by atoms with Crippen LogP contribution in [0.4, 0.5) is 0 Å². The summed E-state index contributed by atoms with van der Waals surface area (Å²) >= 11 is 0. The van der Waals surface area contributed by atoms with Crippen molar-refractivity contribution in [3.63, 3.8) is 0 Å². The SMILES string of the molecule is O=C(O)c1ccc2cc[n+](CC(=O)c3ccccc3)c(C(=O)O)c2c1. The Morgan fingerprint density at radius 1 is 0.840 bits per heavy atom. The first kappa shape index (κ1) is 16.3. The van der Waals surface area contributed by atoms with Gasteiger partial charge < -0.3 is 10.2 Å². The number of rotatable bonds is 5. The molecule has 1 heterocycles. The van der Waals surface area contributed by atoms with Crippen molar-refractivity contribution in [2.45, 2.75) is 6.54 Å². The summed E-state index contributed by atoms with van der Waals surface area (Å²) in [6.45, 7) is -0.154. The van der Waals surface area contributed by atoms with Crippen molar-refractivity contribution in [3.8, 4) is 0 Å². The van der Waals surface area contributed by atoms with Crippen LogP contribution >= 0.6 is 0 Å². The highest BCUT2D eigenvalue weighted by molar-refractivity contribution is 6.03. The van der Waals surface area contributed by atoms with Crippen LogP contribution < -0.4 is 4.57 Å². The number of aromatic carboxylic acids is 2. The van der Waals surface area contributed by atoms with Gasteiger partial charge in [0, 0.05) is 11.6 Å². The van der Waals surface area contributed by atoms with E-state index in [0.29, 0.717) is 10.9 Å². The second-order valence-corrected chi connectivity index (χ2v) is 5.49. The van der Waals surface area contributed by atoms with Gasteiger partial charge in [0.05, 0.1) is 10.9 Å². The summed E-state index contributed by atoms with van der Waals surface area (Å²) in [6.07, 6.45) is 1.52. The molecule has 0 aliphatic heterocycles. The van der Waals surface area contributed by atoms with E-state index in [1.165, 1.54) is 22.9 Å². The monoisotopic (exact) mass is 336 g/mol. The van der Waals surface area contributed by atoms with E-state index in [9.17, 15) is 19.5 Å². The van der Waals surface area contributed by atoms with Crippen LogP contribution in [-0.2, 0) is 6.54 Å². The lowest BCUT2D eigenvalue weighted by molar-refractivity contribution is -0.684. The molecule has 1 aromatic heterocycles. The van der Waals surface area contributed by atoms with E-state index in [0.717, 1.165) is 0 Å². The standard InChI is InChI=1S/C19H13NO5/c21-16(13-4-2-1-3-5-13)11-20-9-8-12-6-7-14(18(22)23)10-15(12)17(20)19(24)25/h1-10H,11H2,(H-,22,23,24,25)/p+1. The van der Waals surface area contributed by atoms with Crippen molar-refractivity contribution in [1.82, 2.24) is 0 Å². The van der Waals surface area contributed by atoms with Gasteiger partial charge in [-0.15, -0.1) is 0 Å². The lowest BCUT2D eigenvalue weighted by Crippen LogP contribution is -2.43. The van der Waals surface area contributed by atoms with Crippen LogP contribution in [0.3, 0.4) is 0 Å². The first-order valence-corrected chi connectivity index (χ1v) is 7.48. The molecule has 0 saturated carbocycles. The minimum atomic E-state index is -1.23. The fourth-order valence-corrected chi connectivity index (χ4v) is 2.68. The molecule has 0 spiro atoms. The molecule has 3 aromatic rings. The first-order valence-electron chi connectivity index (χ1n) is 7.48. The summed E-state index contributed by atoms with van der Waals surface area (Å²) in [6, 6.07) is 14.5. The second-order valence-electron chi connectivity index (χ2n) is 5.49. The number of hydrogen-bond acceptors (Lipinski definition) is 3. The van der Waals surface area contributed by atoms with E-state index >= 15 is 0 Å². The quantitative estimate of drug-likeness (QED) is 0.551. The third-order valence-electron chi connectivity index (χ3n) is 3.89. The Labute approximate surface area is 142 Å². The van der Waals surface area contributed by atoms with Gasteiger partial charge >= 0.3 is 11.9 Å². The van der Waals surface area contributed by atoms with Crippen LogP contribution in [0.25, 0.3) is 10.8 Å². The zero-order valence-corrected chi connectivity index (χ0v) is 13.0. The fourth-order valence-electron chi connectivity index (χ4n) is 2.68. The smallest absolute Gasteiger partial charge is 0.401 e. The molecule has 3 rings (SSSR count). The summed E-state index contributed by atoms with van der Waals surface area (Å²) in [5, 5.41) is 19.6. The molecule has 0 bridgehead atoms.